The molecule has 1 atom stereocenters. The van der Waals surface area contributed by atoms with Gasteiger partial charge in [0.15, 0.2) is 4.67 Å². The molecule has 4 heteroatoms. The summed E-state index contributed by atoms with van der Waals surface area (Å²) in [5.41, 5.74) is 3.20. The zero-order valence-electron chi connectivity index (χ0n) is 10.0. The Bertz CT molecular complexity index is 708. The molecule has 0 aliphatic rings. The average Bonchev–Trinajstić information content (AvgIpc) is 2.85. The number of alkyl halides is 1. The fourth-order valence-corrected chi connectivity index (χ4v) is 3.56. The van der Waals surface area contributed by atoms with Crippen molar-refractivity contribution in [2.75, 3.05) is 0 Å². The van der Waals surface area contributed by atoms with Crippen LogP contribution in [0.2, 0.25) is 0 Å². The molecule has 0 radical (unpaired) electrons. The van der Waals surface area contributed by atoms with E-state index >= 15 is 0 Å². The second kappa shape index (κ2) is 5.47. The number of benzene rings is 1. The number of para-hydroxylation sites is 1. The van der Waals surface area contributed by atoms with Crippen LogP contribution in [0.3, 0.4) is 0 Å². The Morgan fingerprint density at radius 1 is 1.11 bits per heavy atom. The number of aromatic nitrogens is 1. The first-order valence-electron chi connectivity index (χ1n) is 5.95. The van der Waals surface area contributed by atoms with Crippen molar-refractivity contribution in [3.63, 3.8) is 0 Å². The number of nitrogens with zero attached hydrogens (tertiary/aromatic N) is 1. The van der Waals surface area contributed by atoms with Gasteiger partial charge in [0, 0.05) is 27.9 Å². The van der Waals surface area contributed by atoms with Crippen molar-refractivity contribution < 1.29 is 4.42 Å². The fourth-order valence-electron chi connectivity index (χ4n) is 2.04. The number of fused-ring (bicyclic) bond motifs is 1. The van der Waals surface area contributed by atoms with Crippen molar-refractivity contribution in [2.45, 2.75) is 11.2 Å². The van der Waals surface area contributed by atoms with Gasteiger partial charge >= 0.3 is 0 Å². The summed E-state index contributed by atoms with van der Waals surface area (Å²) in [5, 5.41) is 1.17. The van der Waals surface area contributed by atoms with E-state index in [-0.39, 0.29) is 4.83 Å². The highest BCUT2D eigenvalue weighted by Crippen LogP contribution is 2.33. The third kappa shape index (κ3) is 2.74. The molecule has 2 heterocycles. The molecule has 1 aromatic carbocycles. The van der Waals surface area contributed by atoms with Crippen molar-refractivity contribution in [1.29, 1.82) is 0 Å². The summed E-state index contributed by atoms with van der Waals surface area (Å²) in [6, 6.07) is 14.3. The molecule has 2 aromatic heterocycles. The molecular weight excluding hydrogens is 370 g/mol. The minimum Gasteiger partial charge on any atom is -0.457 e. The predicted molar refractivity (Wildman–Crippen MR) is 83.5 cm³/mol. The molecule has 19 heavy (non-hydrogen) atoms. The van der Waals surface area contributed by atoms with E-state index in [0.29, 0.717) is 0 Å². The minimum atomic E-state index is 0.189. The van der Waals surface area contributed by atoms with E-state index in [1.165, 1.54) is 5.39 Å². The SMILES string of the molecule is Brc1occc1C(Br)Cc1ccc2ccccc2n1. The molecule has 0 spiro atoms. The van der Waals surface area contributed by atoms with Crippen LogP contribution in [0.4, 0.5) is 0 Å². The number of pyridine rings is 1. The molecule has 3 rings (SSSR count). The van der Waals surface area contributed by atoms with E-state index in [9.17, 15) is 0 Å². The molecule has 0 aliphatic carbocycles. The summed E-state index contributed by atoms with van der Waals surface area (Å²) >= 11 is 7.09. The number of halogens is 2. The van der Waals surface area contributed by atoms with Gasteiger partial charge in [0.05, 0.1) is 11.8 Å². The van der Waals surface area contributed by atoms with Crippen molar-refractivity contribution >= 4 is 42.8 Å². The lowest BCUT2D eigenvalue weighted by Gasteiger charge is -2.08. The molecule has 0 aliphatic heterocycles. The molecule has 0 amide bonds. The van der Waals surface area contributed by atoms with Crippen LogP contribution in [-0.4, -0.2) is 4.98 Å². The van der Waals surface area contributed by atoms with Crippen molar-refractivity contribution in [3.05, 3.63) is 64.7 Å². The second-order valence-electron chi connectivity index (χ2n) is 4.32. The molecule has 3 aromatic rings. The molecule has 2 nitrogen and oxygen atoms in total. The molecular formula is C15H11Br2NO. The summed E-state index contributed by atoms with van der Waals surface area (Å²) < 4.78 is 6.03. The Morgan fingerprint density at radius 3 is 2.74 bits per heavy atom. The predicted octanol–water partition coefficient (Wildman–Crippen LogP) is 5.27. The van der Waals surface area contributed by atoms with Crippen molar-refractivity contribution in [3.8, 4) is 0 Å². The van der Waals surface area contributed by atoms with Gasteiger partial charge in [0.25, 0.3) is 0 Å². The maximum Gasteiger partial charge on any atom is 0.173 e. The van der Waals surface area contributed by atoms with E-state index < -0.39 is 0 Å². The van der Waals surface area contributed by atoms with Crippen molar-refractivity contribution in [1.82, 2.24) is 4.98 Å². The smallest absolute Gasteiger partial charge is 0.173 e. The van der Waals surface area contributed by atoms with Gasteiger partial charge in [0.2, 0.25) is 0 Å². The lowest BCUT2D eigenvalue weighted by atomic mass is 10.1. The van der Waals surface area contributed by atoms with E-state index in [2.05, 4.69) is 55.0 Å². The summed E-state index contributed by atoms with van der Waals surface area (Å²) in [5.74, 6) is 0. The van der Waals surface area contributed by atoms with Gasteiger partial charge in [-0.2, -0.15) is 0 Å². The van der Waals surface area contributed by atoms with E-state index in [4.69, 9.17) is 4.42 Å². The lowest BCUT2D eigenvalue weighted by Crippen LogP contribution is -1.97. The van der Waals surface area contributed by atoms with E-state index in [1.807, 2.05) is 24.3 Å². The first kappa shape index (κ1) is 12.9. The van der Waals surface area contributed by atoms with Gasteiger partial charge in [-0.1, -0.05) is 40.2 Å². The van der Waals surface area contributed by atoms with Gasteiger partial charge in [-0.15, -0.1) is 0 Å². The Kier molecular flexibility index (Phi) is 3.71. The second-order valence-corrected chi connectivity index (χ2v) is 6.14. The normalized spacial score (nSPS) is 12.7. The standard InChI is InChI=1S/C15H11Br2NO/c16-13(12-7-8-19-15(12)17)9-11-6-5-10-3-1-2-4-14(10)18-11/h1-8,13H,9H2. The number of rotatable bonds is 3. The summed E-state index contributed by atoms with van der Waals surface area (Å²) in [7, 11) is 0. The molecule has 0 fully saturated rings. The monoisotopic (exact) mass is 379 g/mol. The van der Waals surface area contributed by atoms with Gasteiger partial charge in [-0.05, 0) is 34.1 Å². The number of furan rings is 1. The van der Waals surface area contributed by atoms with Crippen LogP contribution in [0, 0.1) is 0 Å². The first-order valence-corrected chi connectivity index (χ1v) is 7.66. The summed E-state index contributed by atoms with van der Waals surface area (Å²) in [4.78, 5) is 4.87. The fraction of sp³-hybridized carbons (Fsp3) is 0.133. The third-order valence-corrected chi connectivity index (χ3v) is 4.49. The third-order valence-electron chi connectivity index (χ3n) is 3.03. The zero-order valence-corrected chi connectivity index (χ0v) is 13.2. The van der Waals surface area contributed by atoms with Crippen LogP contribution in [0.5, 0.6) is 0 Å². The average molecular weight is 381 g/mol. The highest BCUT2D eigenvalue weighted by Gasteiger charge is 2.15. The molecule has 0 bridgehead atoms. The zero-order chi connectivity index (χ0) is 13.2. The van der Waals surface area contributed by atoms with Crippen LogP contribution in [0.15, 0.2) is 57.8 Å². The Hall–Kier alpha value is -1.13. The highest BCUT2D eigenvalue weighted by molar-refractivity contribution is 9.10. The maximum atomic E-state index is 5.26. The van der Waals surface area contributed by atoms with Gasteiger partial charge in [0.1, 0.15) is 0 Å². The molecule has 0 N–H and O–H groups in total. The molecule has 96 valence electrons. The minimum absolute atomic E-state index is 0.189. The Balaban J connectivity index is 1.87. The van der Waals surface area contributed by atoms with E-state index in [1.54, 1.807) is 6.26 Å². The summed E-state index contributed by atoms with van der Waals surface area (Å²) in [6.07, 6.45) is 2.50. The van der Waals surface area contributed by atoms with Crippen LogP contribution in [-0.2, 0) is 6.42 Å². The van der Waals surface area contributed by atoms with E-state index in [0.717, 1.165) is 27.9 Å². The topological polar surface area (TPSA) is 26.0 Å². The highest BCUT2D eigenvalue weighted by atomic mass is 79.9. The van der Waals surface area contributed by atoms with Gasteiger partial charge in [-0.25, -0.2) is 0 Å². The molecule has 0 saturated heterocycles. The molecule has 1 unspecified atom stereocenters. The van der Waals surface area contributed by atoms with Crippen LogP contribution < -0.4 is 0 Å². The Labute approximate surface area is 128 Å². The quantitative estimate of drug-likeness (QED) is 0.578. The number of hydrogen-bond acceptors (Lipinski definition) is 2. The van der Waals surface area contributed by atoms with Crippen molar-refractivity contribution in [2.24, 2.45) is 0 Å². The largest absolute Gasteiger partial charge is 0.457 e. The molecule has 0 saturated carbocycles. The van der Waals surface area contributed by atoms with Crippen LogP contribution >= 0.6 is 31.9 Å². The maximum absolute atomic E-state index is 5.26. The summed E-state index contributed by atoms with van der Waals surface area (Å²) in [6.45, 7) is 0. The van der Waals surface area contributed by atoms with Gasteiger partial charge < -0.3 is 4.42 Å². The van der Waals surface area contributed by atoms with Gasteiger partial charge in [-0.3, -0.25) is 4.98 Å². The Morgan fingerprint density at radius 2 is 1.95 bits per heavy atom. The number of hydrogen-bond donors (Lipinski definition) is 0. The van der Waals surface area contributed by atoms with Crippen LogP contribution in [0.25, 0.3) is 10.9 Å². The lowest BCUT2D eigenvalue weighted by molar-refractivity contribution is 0.536. The first-order chi connectivity index (χ1) is 9.24. The van der Waals surface area contributed by atoms with Crippen LogP contribution in [0.1, 0.15) is 16.1 Å².